The van der Waals surface area contributed by atoms with E-state index in [0.717, 1.165) is 0 Å². The molecule has 148 valence electrons. The van der Waals surface area contributed by atoms with Crippen molar-refractivity contribution in [2.24, 2.45) is 12.8 Å². The molecule has 1 atom stereocenters. The number of aromatic hydroxyl groups is 1. The van der Waals surface area contributed by atoms with E-state index in [9.17, 15) is 14.7 Å². The number of carbonyl (C=O) groups is 1. The zero-order valence-electron chi connectivity index (χ0n) is 16.0. The largest absolute Gasteiger partial charge is 0.508 e. The number of hydrogen-bond acceptors (Lipinski definition) is 6. The highest BCUT2D eigenvalue weighted by atomic mass is 16.5. The van der Waals surface area contributed by atoms with Crippen molar-refractivity contribution in [2.75, 3.05) is 6.61 Å². The van der Waals surface area contributed by atoms with E-state index in [1.807, 2.05) is 24.3 Å². The molecule has 1 aliphatic heterocycles. The Bertz CT molecular complexity index is 1210. The lowest BCUT2D eigenvalue weighted by molar-refractivity contribution is -0.139. The van der Waals surface area contributed by atoms with Crippen molar-refractivity contribution in [1.29, 1.82) is 0 Å². The fourth-order valence-corrected chi connectivity index (χ4v) is 3.73. The number of aryl methyl sites for hydroxylation is 1. The minimum Gasteiger partial charge on any atom is -0.508 e. The Hall–Kier alpha value is -3.74. The molecule has 0 aliphatic carbocycles. The molecule has 0 fully saturated rings. The van der Waals surface area contributed by atoms with Gasteiger partial charge in [0, 0.05) is 12.4 Å². The standard InChI is InChI=1S/C22H20N2O5/c1-3-28-22(27)18-16(12-8-10-13(25)11-9-12)17-19(29-20(18)23)14-6-4-5-7-15(14)24(2)21(17)26/h4-11,16,25H,3,23H2,1-2H3. The third kappa shape index (κ3) is 2.91. The molecular formula is C22H20N2O5. The van der Waals surface area contributed by atoms with Gasteiger partial charge in [-0.25, -0.2) is 4.79 Å². The summed E-state index contributed by atoms with van der Waals surface area (Å²) in [6.07, 6.45) is 0. The van der Waals surface area contributed by atoms with Crippen molar-refractivity contribution < 1.29 is 19.4 Å². The number of hydrogen-bond donors (Lipinski definition) is 2. The molecule has 2 heterocycles. The van der Waals surface area contributed by atoms with Crippen LogP contribution in [0.1, 0.15) is 24.0 Å². The molecule has 1 aliphatic rings. The maximum atomic E-state index is 13.3. The second-order valence-electron chi connectivity index (χ2n) is 6.75. The zero-order valence-corrected chi connectivity index (χ0v) is 16.0. The van der Waals surface area contributed by atoms with Crippen LogP contribution in [0, 0.1) is 0 Å². The van der Waals surface area contributed by atoms with Crippen LogP contribution in [0.3, 0.4) is 0 Å². The molecule has 0 bridgehead atoms. The number of aromatic nitrogens is 1. The van der Waals surface area contributed by atoms with Crippen LogP contribution in [0.25, 0.3) is 10.9 Å². The van der Waals surface area contributed by atoms with Crippen molar-refractivity contribution in [3.05, 3.63) is 81.5 Å². The number of pyridine rings is 1. The predicted molar refractivity (Wildman–Crippen MR) is 108 cm³/mol. The molecule has 7 heteroatoms. The number of ether oxygens (including phenoxy) is 2. The van der Waals surface area contributed by atoms with Crippen LogP contribution in [-0.2, 0) is 16.6 Å². The first kappa shape index (κ1) is 18.6. The lowest BCUT2D eigenvalue weighted by Crippen LogP contribution is -2.34. The highest BCUT2D eigenvalue weighted by Gasteiger charge is 2.39. The number of benzene rings is 2. The van der Waals surface area contributed by atoms with E-state index < -0.39 is 11.9 Å². The molecule has 0 amide bonds. The SMILES string of the molecule is CCOC(=O)C1=C(N)Oc2c(c(=O)n(C)c3ccccc23)C1c1ccc(O)cc1. The van der Waals surface area contributed by atoms with E-state index >= 15 is 0 Å². The maximum absolute atomic E-state index is 13.3. The number of esters is 1. The predicted octanol–water partition coefficient (Wildman–Crippen LogP) is 2.50. The quantitative estimate of drug-likeness (QED) is 0.664. The number of phenols is 1. The fraction of sp³-hybridized carbons (Fsp3) is 0.182. The average molecular weight is 392 g/mol. The van der Waals surface area contributed by atoms with Crippen LogP contribution in [0.15, 0.2) is 64.8 Å². The summed E-state index contributed by atoms with van der Waals surface area (Å²) in [5, 5.41) is 10.4. The van der Waals surface area contributed by atoms with Gasteiger partial charge in [0.1, 0.15) is 17.1 Å². The minimum atomic E-state index is -0.790. The molecule has 1 unspecified atom stereocenters. The summed E-state index contributed by atoms with van der Waals surface area (Å²) in [7, 11) is 1.67. The summed E-state index contributed by atoms with van der Waals surface area (Å²) in [5.74, 6) is -1.15. The highest BCUT2D eigenvalue weighted by Crippen LogP contribution is 2.44. The summed E-state index contributed by atoms with van der Waals surface area (Å²) in [4.78, 5) is 26.1. The Morgan fingerprint density at radius 3 is 2.59 bits per heavy atom. The Morgan fingerprint density at radius 1 is 1.21 bits per heavy atom. The smallest absolute Gasteiger partial charge is 0.340 e. The summed E-state index contributed by atoms with van der Waals surface area (Å²) in [5.41, 5.74) is 7.53. The van der Waals surface area contributed by atoms with Crippen molar-refractivity contribution >= 4 is 16.9 Å². The van der Waals surface area contributed by atoms with E-state index in [1.54, 1.807) is 26.1 Å². The molecule has 4 rings (SSSR count). The van der Waals surface area contributed by atoms with Gasteiger partial charge in [-0.3, -0.25) is 4.79 Å². The summed E-state index contributed by atoms with van der Waals surface area (Å²) in [6.45, 7) is 1.84. The van der Waals surface area contributed by atoms with Gasteiger partial charge in [0.05, 0.1) is 23.6 Å². The van der Waals surface area contributed by atoms with E-state index in [4.69, 9.17) is 15.2 Å². The second kappa shape index (κ2) is 7.01. The van der Waals surface area contributed by atoms with E-state index in [0.29, 0.717) is 27.8 Å². The number of fused-ring (bicyclic) bond motifs is 3. The third-order valence-electron chi connectivity index (χ3n) is 5.07. The molecular weight excluding hydrogens is 372 g/mol. The normalized spacial score (nSPS) is 15.7. The van der Waals surface area contributed by atoms with Gasteiger partial charge in [0.15, 0.2) is 0 Å². The molecule has 29 heavy (non-hydrogen) atoms. The van der Waals surface area contributed by atoms with Crippen molar-refractivity contribution in [3.63, 3.8) is 0 Å². The first-order valence-corrected chi connectivity index (χ1v) is 9.19. The Labute approximate surface area is 166 Å². The van der Waals surface area contributed by atoms with Crippen molar-refractivity contribution in [1.82, 2.24) is 4.57 Å². The monoisotopic (exact) mass is 392 g/mol. The number of carbonyl (C=O) groups excluding carboxylic acids is 1. The van der Waals surface area contributed by atoms with Gasteiger partial charge in [0.25, 0.3) is 5.56 Å². The third-order valence-corrected chi connectivity index (χ3v) is 5.07. The van der Waals surface area contributed by atoms with Crippen molar-refractivity contribution in [2.45, 2.75) is 12.8 Å². The Kier molecular flexibility index (Phi) is 4.50. The highest BCUT2D eigenvalue weighted by molar-refractivity contribution is 5.95. The molecule has 3 aromatic rings. The molecule has 0 radical (unpaired) electrons. The summed E-state index contributed by atoms with van der Waals surface area (Å²) in [6, 6.07) is 13.6. The zero-order chi connectivity index (χ0) is 20.7. The molecule has 2 aromatic carbocycles. The molecule has 3 N–H and O–H groups in total. The van der Waals surface area contributed by atoms with Crippen LogP contribution < -0.4 is 16.0 Å². The van der Waals surface area contributed by atoms with E-state index in [2.05, 4.69) is 0 Å². The first-order chi connectivity index (χ1) is 13.9. The fourth-order valence-electron chi connectivity index (χ4n) is 3.73. The summed E-state index contributed by atoms with van der Waals surface area (Å²) >= 11 is 0. The molecule has 0 saturated heterocycles. The maximum Gasteiger partial charge on any atom is 0.340 e. The van der Waals surface area contributed by atoms with Crippen LogP contribution in [0.2, 0.25) is 0 Å². The number of phenolic OH excluding ortho intramolecular Hbond substituents is 1. The van der Waals surface area contributed by atoms with Crippen LogP contribution in [0.4, 0.5) is 0 Å². The Morgan fingerprint density at radius 2 is 1.90 bits per heavy atom. The lowest BCUT2D eigenvalue weighted by Gasteiger charge is -2.29. The van der Waals surface area contributed by atoms with Gasteiger partial charge in [-0.15, -0.1) is 0 Å². The summed E-state index contributed by atoms with van der Waals surface area (Å²) < 4.78 is 12.5. The first-order valence-electron chi connectivity index (χ1n) is 9.19. The molecule has 7 nitrogen and oxygen atoms in total. The molecule has 0 spiro atoms. The van der Waals surface area contributed by atoms with Crippen LogP contribution in [0.5, 0.6) is 11.5 Å². The lowest BCUT2D eigenvalue weighted by atomic mass is 9.83. The number of nitrogens with two attached hydrogens (primary N) is 1. The Balaban J connectivity index is 2.08. The van der Waals surface area contributed by atoms with Gasteiger partial charge in [-0.1, -0.05) is 24.3 Å². The van der Waals surface area contributed by atoms with Gasteiger partial charge in [-0.05, 0) is 36.8 Å². The topological polar surface area (TPSA) is 104 Å². The average Bonchev–Trinajstić information content (AvgIpc) is 2.72. The molecule has 0 saturated carbocycles. The second-order valence-corrected chi connectivity index (χ2v) is 6.75. The van der Waals surface area contributed by atoms with E-state index in [-0.39, 0.29) is 29.4 Å². The number of para-hydroxylation sites is 1. The van der Waals surface area contributed by atoms with Crippen LogP contribution in [-0.4, -0.2) is 22.2 Å². The van der Waals surface area contributed by atoms with E-state index in [1.165, 1.54) is 16.7 Å². The number of rotatable bonds is 3. The van der Waals surface area contributed by atoms with Crippen molar-refractivity contribution in [3.8, 4) is 11.5 Å². The van der Waals surface area contributed by atoms with Gasteiger partial charge in [-0.2, -0.15) is 0 Å². The van der Waals surface area contributed by atoms with Gasteiger partial charge < -0.3 is 24.9 Å². The van der Waals surface area contributed by atoms with Gasteiger partial charge in [0.2, 0.25) is 5.88 Å². The number of nitrogens with zero attached hydrogens (tertiary/aromatic N) is 1. The van der Waals surface area contributed by atoms with Crippen LogP contribution >= 0.6 is 0 Å². The minimum absolute atomic E-state index is 0.0671. The molecule has 1 aromatic heterocycles. The van der Waals surface area contributed by atoms with Gasteiger partial charge >= 0.3 is 5.97 Å².